The molecule has 0 unspecified atom stereocenters. The van der Waals surface area contributed by atoms with Crippen molar-refractivity contribution < 1.29 is 14.6 Å². The minimum absolute atomic E-state index is 0.474. The molecule has 1 fully saturated rings. The van der Waals surface area contributed by atoms with Crippen molar-refractivity contribution in [1.29, 1.82) is 0 Å². The van der Waals surface area contributed by atoms with Crippen LogP contribution >= 0.6 is 11.6 Å². The standard InChI is InChI=1S/C12H13ClO3/c1-7-3-4-8(13)9(10(7)16-2)12(5-6-12)11(14)15/h3-4H,5-6H2,1-2H3,(H,14,15). The summed E-state index contributed by atoms with van der Waals surface area (Å²) in [6, 6.07) is 3.57. The van der Waals surface area contributed by atoms with Crippen molar-refractivity contribution in [2.45, 2.75) is 25.2 Å². The van der Waals surface area contributed by atoms with Gasteiger partial charge in [-0.3, -0.25) is 4.79 Å². The Hall–Kier alpha value is -1.22. The van der Waals surface area contributed by atoms with E-state index in [2.05, 4.69) is 0 Å². The minimum atomic E-state index is -0.825. The third-order valence-corrected chi connectivity index (χ3v) is 3.46. The molecule has 1 aromatic rings. The zero-order chi connectivity index (χ0) is 11.9. The number of benzene rings is 1. The van der Waals surface area contributed by atoms with Crippen molar-refractivity contribution in [2.24, 2.45) is 0 Å². The number of methoxy groups -OCH3 is 1. The highest BCUT2D eigenvalue weighted by Crippen LogP contribution is 2.54. The number of carbonyl (C=O) groups is 1. The fraction of sp³-hybridized carbons (Fsp3) is 0.417. The van der Waals surface area contributed by atoms with E-state index >= 15 is 0 Å². The van der Waals surface area contributed by atoms with Crippen LogP contribution in [-0.2, 0) is 10.2 Å². The van der Waals surface area contributed by atoms with E-state index in [1.54, 1.807) is 13.2 Å². The molecular weight excluding hydrogens is 228 g/mol. The molecule has 1 N–H and O–H groups in total. The quantitative estimate of drug-likeness (QED) is 0.884. The van der Waals surface area contributed by atoms with Gasteiger partial charge in [-0.05, 0) is 31.4 Å². The fourth-order valence-corrected chi connectivity index (χ4v) is 2.40. The maximum atomic E-state index is 11.3. The van der Waals surface area contributed by atoms with E-state index in [1.165, 1.54) is 0 Å². The van der Waals surface area contributed by atoms with Gasteiger partial charge in [0.25, 0.3) is 0 Å². The molecule has 0 amide bonds. The van der Waals surface area contributed by atoms with Crippen LogP contribution in [-0.4, -0.2) is 18.2 Å². The van der Waals surface area contributed by atoms with Crippen LogP contribution in [0.4, 0.5) is 0 Å². The third-order valence-electron chi connectivity index (χ3n) is 3.15. The van der Waals surface area contributed by atoms with E-state index in [0.29, 0.717) is 29.2 Å². The molecule has 1 aliphatic carbocycles. The molecule has 16 heavy (non-hydrogen) atoms. The van der Waals surface area contributed by atoms with E-state index in [1.807, 2.05) is 13.0 Å². The van der Waals surface area contributed by atoms with Crippen LogP contribution in [0.3, 0.4) is 0 Å². The first kappa shape index (κ1) is 11.3. The Bertz CT molecular complexity index is 450. The third kappa shape index (κ3) is 1.47. The summed E-state index contributed by atoms with van der Waals surface area (Å²) in [5.74, 6) is -0.217. The highest BCUT2D eigenvalue weighted by Gasteiger charge is 2.54. The molecule has 0 bridgehead atoms. The van der Waals surface area contributed by atoms with E-state index in [-0.39, 0.29) is 0 Å². The van der Waals surface area contributed by atoms with E-state index in [9.17, 15) is 9.90 Å². The molecular formula is C12H13ClO3. The lowest BCUT2D eigenvalue weighted by Crippen LogP contribution is -2.21. The molecule has 0 atom stereocenters. The lowest BCUT2D eigenvalue weighted by atomic mass is 9.93. The molecule has 0 aliphatic heterocycles. The lowest BCUT2D eigenvalue weighted by Gasteiger charge is -2.18. The molecule has 0 heterocycles. The molecule has 0 aromatic heterocycles. The number of aliphatic carboxylic acids is 1. The summed E-state index contributed by atoms with van der Waals surface area (Å²) >= 11 is 6.11. The molecule has 0 saturated heterocycles. The summed E-state index contributed by atoms with van der Waals surface area (Å²) in [7, 11) is 1.54. The molecule has 86 valence electrons. The maximum Gasteiger partial charge on any atom is 0.314 e. The Morgan fingerprint density at radius 3 is 2.56 bits per heavy atom. The first-order valence-corrected chi connectivity index (χ1v) is 5.47. The maximum absolute atomic E-state index is 11.3. The zero-order valence-corrected chi connectivity index (χ0v) is 9.97. The van der Waals surface area contributed by atoms with Gasteiger partial charge in [-0.1, -0.05) is 17.7 Å². The second-order valence-electron chi connectivity index (χ2n) is 4.16. The smallest absolute Gasteiger partial charge is 0.314 e. The van der Waals surface area contributed by atoms with Crippen molar-refractivity contribution in [3.63, 3.8) is 0 Å². The monoisotopic (exact) mass is 240 g/mol. The summed E-state index contributed by atoms with van der Waals surface area (Å²) in [6.07, 6.45) is 1.25. The van der Waals surface area contributed by atoms with Gasteiger partial charge in [0.15, 0.2) is 0 Å². The van der Waals surface area contributed by atoms with Gasteiger partial charge in [0.05, 0.1) is 12.5 Å². The molecule has 1 aliphatic rings. The van der Waals surface area contributed by atoms with Crippen LogP contribution in [0.1, 0.15) is 24.0 Å². The van der Waals surface area contributed by atoms with Gasteiger partial charge in [0.2, 0.25) is 0 Å². The normalized spacial score (nSPS) is 16.9. The number of ether oxygens (including phenoxy) is 1. The zero-order valence-electron chi connectivity index (χ0n) is 9.21. The Morgan fingerprint density at radius 2 is 2.12 bits per heavy atom. The van der Waals surface area contributed by atoms with Crippen molar-refractivity contribution in [3.05, 3.63) is 28.3 Å². The van der Waals surface area contributed by atoms with Crippen LogP contribution in [0.2, 0.25) is 5.02 Å². The first-order valence-electron chi connectivity index (χ1n) is 5.10. The highest BCUT2D eigenvalue weighted by molar-refractivity contribution is 6.32. The van der Waals surface area contributed by atoms with Gasteiger partial charge in [0, 0.05) is 10.6 Å². The Morgan fingerprint density at radius 1 is 1.50 bits per heavy atom. The number of rotatable bonds is 3. The molecule has 1 aromatic carbocycles. The summed E-state index contributed by atoms with van der Waals surface area (Å²) in [5.41, 5.74) is 0.715. The van der Waals surface area contributed by atoms with Crippen molar-refractivity contribution in [3.8, 4) is 5.75 Å². The van der Waals surface area contributed by atoms with Crippen molar-refractivity contribution in [1.82, 2.24) is 0 Å². The van der Waals surface area contributed by atoms with Crippen LogP contribution < -0.4 is 4.74 Å². The number of hydrogen-bond donors (Lipinski definition) is 1. The van der Waals surface area contributed by atoms with Gasteiger partial charge in [-0.25, -0.2) is 0 Å². The number of carboxylic acid groups (broad SMARTS) is 1. The largest absolute Gasteiger partial charge is 0.496 e. The number of halogens is 1. The first-order chi connectivity index (χ1) is 7.53. The number of hydrogen-bond acceptors (Lipinski definition) is 2. The predicted octanol–water partition coefficient (Wildman–Crippen LogP) is 2.77. The summed E-state index contributed by atoms with van der Waals surface area (Å²) in [5, 5.41) is 9.75. The van der Waals surface area contributed by atoms with E-state index in [0.717, 1.165) is 5.56 Å². The van der Waals surface area contributed by atoms with Crippen LogP contribution in [0.25, 0.3) is 0 Å². The Balaban J connectivity index is 2.64. The van der Waals surface area contributed by atoms with Gasteiger partial charge in [-0.15, -0.1) is 0 Å². The average Bonchev–Trinajstić information content (AvgIpc) is 3.02. The van der Waals surface area contributed by atoms with Gasteiger partial charge in [-0.2, -0.15) is 0 Å². The lowest BCUT2D eigenvalue weighted by molar-refractivity contribution is -0.140. The molecule has 0 radical (unpaired) electrons. The Labute approximate surface area is 99.0 Å². The molecule has 3 nitrogen and oxygen atoms in total. The molecule has 0 spiro atoms. The summed E-state index contributed by atoms with van der Waals surface area (Å²) in [6.45, 7) is 1.89. The van der Waals surface area contributed by atoms with Gasteiger partial charge < -0.3 is 9.84 Å². The Kier molecular flexibility index (Phi) is 2.58. The van der Waals surface area contributed by atoms with Crippen LogP contribution in [0, 0.1) is 6.92 Å². The van der Waals surface area contributed by atoms with Crippen molar-refractivity contribution >= 4 is 17.6 Å². The van der Waals surface area contributed by atoms with Gasteiger partial charge in [0.1, 0.15) is 5.75 Å². The second kappa shape index (κ2) is 3.67. The molecule has 1 saturated carbocycles. The summed E-state index contributed by atoms with van der Waals surface area (Å²) < 4.78 is 5.29. The highest BCUT2D eigenvalue weighted by atomic mass is 35.5. The SMILES string of the molecule is COc1c(C)ccc(Cl)c1C1(C(=O)O)CC1. The topological polar surface area (TPSA) is 46.5 Å². The van der Waals surface area contributed by atoms with E-state index < -0.39 is 11.4 Å². The predicted molar refractivity (Wildman–Crippen MR) is 61.3 cm³/mol. The van der Waals surface area contributed by atoms with Crippen LogP contribution in [0.15, 0.2) is 12.1 Å². The summed E-state index contributed by atoms with van der Waals surface area (Å²) in [4.78, 5) is 11.3. The average molecular weight is 241 g/mol. The molecule has 2 rings (SSSR count). The van der Waals surface area contributed by atoms with E-state index in [4.69, 9.17) is 16.3 Å². The van der Waals surface area contributed by atoms with Gasteiger partial charge >= 0.3 is 5.97 Å². The number of aryl methyl sites for hydroxylation is 1. The van der Waals surface area contributed by atoms with Crippen LogP contribution in [0.5, 0.6) is 5.75 Å². The number of carboxylic acids is 1. The molecule has 4 heteroatoms. The second-order valence-corrected chi connectivity index (χ2v) is 4.57. The van der Waals surface area contributed by atoms with Crippen molar-refractivity contribution in [2.75, 3.05) is 7.11 Å². The fourth-order valence-electron chi connectivity index (χ4n) is 2.07. The minimum Gasteiger partial charge on any atom is -0.496 e.